The summed E-state index contributed by atoms with van der Waals surface area (Å²) < 4.78 is 5.42. The van der Waals surface area contributed by atoms with E-state index in [9.17, 15) is 4.79 Å². The molecule has 0 fully saturated rings. The first-order valence-corrected chi connectivity index (χ1v) is 8.10. The molecule has 0 aliphatic heterocycles. The standard InChI is InChI=1S/C18H24N4O2/c1-13(2)10-11-19-16-8-9-17(22-21-16)20-18(23)12-24-15-6-4-14(3)5-7-15/h4-9,13H,10-12H2,1-3H3,(H,19,21)(H,20,22,23). The molecule has 0 spiro atoms. The van der Waals surface area contributed by atoms with Gasteiger partial charge in [-0.1, -0.05) is 31.5 Å². The third kappa shape index (κ3) is 6.24. The van der Waals surface area contributed by atoms with Crippen LogP contribution in [0.15, 0.2) is 36.4 Å². The smallest absolute Gasteiger partial charge is 0.263 e. The second kappa shape index (κ2) is 8.86. The van der Waals surface area contributed by atoms with E-state index in [1.54, 1.807) is 12.1 Å². The topological polar surface area (TPSA) is 76.1 Å². The van der Waals surface area contributed by atoms with E-state index >= 15 is 0 Å². The number of nitrogens with zero attached hydrogens (tertiary/aromatic N) is 2. The first-order valence-electron chi connectivity index (χ1n) is 8.10. The molecule has 2 rings (SSSR count). The van der Waals surface area contributed by atoms with Gasteiger partial charge >= 0.3 is 0 Å². The van der Waals surface area contributed by atoms with Crippen molar-refractivity contribution >= 4 is 17.5 Å². The first-order chi connectivity index (χ1) is 11.5. The van der Waals surface area contributed by atoms with Crippen LogP contribution >= 0.6 is 0 Å². The molecular weight excluding hydrogens is 304 g/mol. The summed E-state index contributed by atoms with van der Waals surface area (Å²) in [5.74, 6) is 2.13. The lowest BCUT2D eigenvalue weighted by atomic mass is 10.1. The number of nitrogens with one attached hydrogen (secondary N) is 2. The van der Waals surface area contributed by atoms with Gasteiger partial charge in [-0.15, -0.1) is 10.2 Å². The third-order valence-electron chi connectivity index (χ3n) is 3.35. The average molecular weight is 328 g/mol. The van der Waals surface area contributed by atoms with Gasteiger partial charge in [0, 0.05) is 6.54 Å². The van der Waals surface area contributed by atoms with Gasteiger partial charge in [0.1, 0.15) is 11.6 Å². The monoisotopic (exact) mass is 328 g/mol. The van der Waals surface area contributed by atoms with Crippen molar-refractivity contribution in [2.45, 2.75) is 27.2 Å². The second-order valence-electron chi connectivity index (χ2n) is 6.06. The molecule has 1 amide bonds. The van der Waals surface area contributed by atoms with Gasteiger partial charge in [-0.2, -0.15) is 0 Å². The largest absolute Gasteiger partial charge is 0.484 e. The van der Waals surface area contributed by atoms with Crippen molar-refractivity contribution in [2.24, 2.45) is 5.92 Å². The van der Waals surface area contributed by atoms with Crippen molar-refractivity contribution in [3.8, 4) is 5.75 Å². The van der Waals surface area contributed by atoms with E-state index in [2.05, 4.69) is 34.7 Å². The van der Waals surface area contributed by atoms with E-state index in [0.717, 1.165) is 18.5 Å². The third-order valence-corrected chi connectivity index (χ3v) is 3.35. The molecule has 0 aliphatic rings. The van der Waals surface area contributed by atoms with Gasteiger partial charge in [-0.3, -0.25) is 4.79 Å². The van der Waals surface area contributed by atoms with Gasteiger partial charge in [0.25, 0.3) is 5.91 Å². The number of aryl methyl sites for hydroxylation is 1. The number of rotatable bonds is 8. The Hall–Kier alpha value is -2.63. The van der Waals surface area contributed by atoms with E-state index in [-0.39, 0.29) is 12.5 Å². The van der Waals surface area contributed by atoms with Crippen LogP contribution < -0.4 is 15.4 Å². The molecule has 0 radical (unpaired) electrons. The summed E-state index contributed by atoms with van der Waals surface area (Å²) in [5.41, 5.74) is 1.14. The van der Waals surface area contributed by atoms with Crippen LogP contribution in [-0.2, 0) is 4.79 Å². The zero-order valence-electron chi connectivity index (χ0n) is 14.4. The molecule has 0 unspecified atom stereocenters. The first kappa shape index (κ1) is 17.7. The highest BCUT2D eigenvalue weighted by Crippen LogP contribution is 2.11. The fourth-order valence-electron chi connectivity index (χ4n) is 1.94. The Morgan fingerprint density at radius 2 is 1.75 bits per heavy atom. The molecule has 1 aromatic carbocycles. The molecule has 6 heteroatoms. The van der Waals surface area contributed by atoms with E-state index in [0.29, 0.717) is 23.3 Å². The summed E-state index contributed by atoms with van der Waals surface area (Å²) in [4.78, 5) is 11.9. The minimum absolute atomic E-state index is 0.0703. The summed E-state index contributed by atoms with van der Waals surface area (Å²) in [7, 11) is 0. The van der Waals surface area contributed by atoms with E-state index < -0.39 is 0 Å². The van der Waals surface area contributed by atoms with Crippen LogP contribution in [0.5, 0.6) is 5.75 Å². The Bertz CT molecular complexity index is 639. The summed E-state index contributed by atoms with van der Waals surface area (Å²) in [6, 6.07) is 11.0. The van der Waals surface area contributed by atoms with Crippen molar-refractivity contribution in [3.63, 3.8) is 0 Å². The van der Waals surface area contributed by atoms with E-state index in [1.807, 2.05) is 31.2 Å². The molecule has 0 atom stereocenters. The number of hydrogen-bond donors (Lipinski definition) is 2. The van der Waals surface area contributed by atoms with Crippen LogP contribution in [0.1, 0.15) is 25.8 Å². The Morgan fingerprint density at radius 3 is 2.38 bits per heavy atom. The highest BCUT2D eigenvalue weighted by atomic mass is 16.5. The number of anilines is 2. The van der Waals surface area contributed by atoms with E-state index in [1.165, 1.54) is 0 Å². The summed E-state index contributed by atoms with van der Waals surface area (Å²) in [5, 5.41) is 13.9. The van der Waals surface area contributed by atoms with Gasteiger partial charge in [-0.05, 0) is 43.5 Å². The highest BCUT2D eigenvalue weighted by molar-refractivity contribution is 5.90. The quantitative estimate of drug-likeness (QED) is 0.778. The highest BCUT2D eigenvalue weighted by Gasteiger charge is 2.05. The summed E-state index contributed by atoms with van der Waals surface area (Å²) in [6.07, 6.45) is 1.07. The van der Waals surface area contributed by atoms with Crippen molar-refractivity contribution < 1.29 is 9.53 Å². The van der Waals surface area contributed by atoms with Crippen molar-refractivity contribution in [1.82, 2.24) is 10.2 Å². The fourth-order valence-corrected chi connectivity index (χ4v) is 1.94. The lowest BCUT2D eigenvalue weighted by molar-refractivity contribution is -0.118. The van der Waals surface area contributed by atoms with Crippen LogP contribution in [0.4, 0.5) is 11.6 Å². The van der Waals surface area contributed by atoms with Crippen LogP contribution in [-0.4, -0.2) is 29.3 Å². The van der Waals surface area contributed by atoms with Gasteiger partial charge < -0.3 is 15.4 Å². The molecule has 0 saturated carbocycles. The summed E-state index contributed by atoms with van der Waals surface area (Å²) in [6.45, 7) is 7.12. The van der Waals surface area contributed by atoms with Crippen LogP contribution in [0.3, 0.4) is 0 Å². The van der Waals surface area contributed by atoms with Gasteiger partial charge in [-0.25, -0.2) is 0 Å². The summed E-state index contributed by atoms with van der Waals surface area (Å²) >= 11 is 0. The molecule has 1 aromatic heterocycles. The number of amides is 1. The number of benzene rings is 1. The van der Waals surface area contributed by atoms with Gasteiger partial charge in [0.2, 0.25) is 0 Å². The molecule has 24 heavy (non-hydrogen) atoms. The minimum atomic E-state index is -0.273. The van der Waals surface area contributed by atoms with E-state index in [4.69, 9.17) is 4.74 Å². The van der Waals surface area contributed by atoms with Crippen molar-refractivity contribution in [3.05, 3.63) is 42.0 Å². The predicted molar refractivity (Wildman–Crippen MR) is 95.3 cm³/mol. The number of carbonyl (C=O) groups is 1. The molecule has 6 nitrogen and oxygen atoms in total. The lowest BCUT2D eigenvalue weighted by Gasteiger charge is -2.09. The molecule has 0 aliphatic carbocycles. The molecule has 2 aromatic rings. The average Bonchev–Trinajstić information content (AvgIpc) is 2.56. The maximum Gasteiger partial charge on any atom is 0.263 e. The van der Waals surface area contributed by atoms with Crippen molar-refractivity contribution in [2.75, 3.05) is 23.8 Å². The Labute approximate surface area is 142 Å². The molecule has 2 N–H and O–H groups in total. The zero-order chi connectivity index (χ0) is 17.4. The van der Waals surface area contributed by atoms with Gasteiger partial charge in [0.15, 0.2) is 12.4 Å². The second-order valence-corrected chi connectivity index (χ2v) is 6.06. The molecule has 0 bridgehead atoms. The Kier molecular flexibility index (Phi) is 6.54. The molecule has 1 heterocycles. The fraction of sp³-hybridized carbons (Fsp3) is 0.389. The molecule has 128 valence electrons. The van der Waals surface area contributed by atoms with Gasteiger partial charge in [0.05, 0.1) is 0 Å². The number of aromatic nitrogens is 2. The van der Waals surface area contributed by atoms with Crippen LogP contribution in [0.25, 0.3) is 0 Å². The van der Waals surface area contributed by atoms with Crippen molar-refractivity contribution in [1.29, 1.82) is 0 Å². The van der Waals surface area contributed by atoms with Crippen LogP contribution in [0.2, 0.25) is 0 Å². The number of hydrogen-bond acceptors (Lipinski definition) is 5. The predicted octanol–water partition coefficient (Wildman–Crippen LogP) is 3.26. The number of carbonyl (C=O) groups excluding carboxylic acids is 1. The maximum atomic E-state index is 11.9. The number of ether oxygens (including phenoxy) is 1. The normalized spacial score (nSPS) is 10.5. The molecular formula is C18H24N4O2. The SMILES string of the molecule is Cc1ccc(OCC(=O)Nc2ccc(NCCC(C)C)nn2)cc1. The Balaban J connectivity index is 1.76. The maximum absolute atomic E-state index is 11.9. The zero-order valence-corrected chi connectivity index (χ0v) is 14.4. The minimum Gasteiger partial charge on any atom is -0.484 e. The Morgan fingerprint density at radius 1 is 1.08 bits per heavy atom. The lowest BCUT2D eigenvalue weighted by Crippen LogP contribution is -2.21. The molecule has 0 saturated heterocycles. The van der Waals surface area contributed by atoms with Crippen LogP contribution in [0, 0.1) is 12.8 Å².